The number of nitrogens with zero attached hydrogens (tertiary/aromatic N) is 4. The van der Waals surface area contributed by atoms with Gasteiger partial charge in [0.2, 0.25) is 5.91 Å². The van der Waals surface area contributed by atoms with Crippen LogP contribution in [0.2, 0.25) is 5.02 Å². The van der Waals surface area contributed by atoms with E-state index in [0.717, 1.165) is 49.0 Å². The van der Waals surface area contributed by atoms with Crippen LogP contribution in [0.3, 0.4) is 0 Å². The average molecular weight is 538 g/mol. The summed E-state index contributed by atoms with van der Waals surface area (Å²) in [5.74, 6) is 0.619. The molecule has 1 aromatic carbocycles. The zero-order valence-corrected chi connectivity index (χ0v) is 21.5. The third kappa shape index (κ3) is 7.99. The molecule has 4 aromatic rings. The maximum atomic E-state index is 13.5. The number of hydroxylamine groups is 1. The summed E-state index contributed by atoms with van der Waals surface area (Å²) in [5, 5.41) is 19.8. The molecule has 0 bridgehead atoms. The Hall–Kier alpha value is -4.02. The molecule has 0 spiro atoms. The van der Waals surface area contributed by atoms with Crippen LogP contribution in [0.4, 0.5) is 21.7 Å². The van der Waals surface area contributed by atoms with Crippen molar-refractivity contribution >= 4 is 34.8 Å². The molecule has 0 fully saturated rings. The Morgan fingerprint density at radius 3 is 2.71 bits per heavy atom. The smallest absolute Gasteiger partial charge is 0.243 e. The molecule has 0 atom stereocenters. The molecule has 0 saturated heterocycles. The zero-order chi connectivity index (χ0) is 26.7. The van der Waals surface area contributed by atoms with Crippen LogP contribution in [0, 0.1) is 5.82 Å². The molecular formula is C27H29ClFN7O2. The predicted octanol–water partition coefficient (Wildman–Crippen LogP) is 5.94. The van der Waals surface area contributed by atoms with E-state index in [-0.39, 0.29) is 11.7 Å². The fourth-order valence-corrected chi connectivity index (χ4v) is 4.09. The zero-order valence-electron chi connectivity index (χ0n) is 20.7. The topological polar surface area (TPSA) is 117 Å². The highest BCUT2D eigenvalue weighted by molar-refractivity contribution is 6.33. The van der Waals surface area contributed by atoms with Gasteiger partial charge in [0.1, 0.15) is 17.5 Å². The molecule has 9 nitrogen and oxygen atoms in total. The Morgan fingerprint density at radius 1 is 1.03 bits per heavy atom. The molecule has 0 aliphatic rings. The van der Waals surface area contributed by atoms with Crippen molar-refractivity contribution in [3.8, 4) is 11.3 Å². The van der Waals surface area contributed by atoms with E-state index < -0.39 is 0 Å². The van der Waals surface area contributed by atoms with Crippen LogP contribution in [0.1, 0.15) is 37.7 Å². The van der Waals surface area contributed by atoms with Crippen LogP contribution >= 0.6 is 11.6 Å². The number of rotatable bonds is 13. The van der Waals surface area contributed by atoms with E-state index in [2.05, 4.69) is 25.7 Å². The Balaban J connectivity index is 1.33. The third-order valence-corrected chi connectivity index (χ3v) is 6.12. The molecule has 4 rings (SSSR count). The van der Waals surface area contributed by atoms with Crippen LogP contribution in [0.5, 0.6) is 0 Å². The first-order valence-corrected chi connectivity index (χ1v) is 12.7. The summed E-state index contributed by atoms with van der Waals surface area (Å²) < 4.78 is 15.3. The maximum absolute atomic E-state index is 13.5. The Bertz CT molecular complexity index is 1360. The lowest BCUT2D eigenvalue weighted by atomic mass is 10.1. The van der Waals surface area contributed by atoms with Crippen LogP contribution < -0.4 is 16.1 Å². The van der Waals surface area contributed by atoms with Gasteiger partial charge in [-0.05, 0) is 48.7 Å². The van der Waals surface area contributed by atoms with E-state index in [4.69, 9.17) is 16.8 Å². The van der Waals surface area contributed by atoms with Crippen LogP contribution in [0.15, 0.2) is 67.1 Å². The number of carbonyl (C=O) groups excluding carboxylic acids is 1. The minimum atomic E-state index is -0.354. The number of carbonyl (C=O) groups is 1. The van der Waals surface area contributed by atoms with Crippen LogP contribution in [-0.2, 0) is 17.9 Å². The first-order chi connectivity index (χ1) is 18.5. The van der Waals surface area contributed by atoms with E-state index in [1.165, 1.54) is 12.1 Å². The molecule has 38 heavy (non-hydrogen) atoms. The SMILES string of the molecule is O=C(CCCCCCn1cc(Nc2cc(-c3cccc(NCc4cccc(F)c4)n3)c(Cl)cn2)cn1)NO. The van der Waals surface area contributed by atoms with E-state index in [1.54, 1.807) is 23.9 Å². The van der Waals surface area contributed by atoms with E-state index in [9.17, 15) is 9.18 Å². The number of amides is 1. The second-order valence-corrected chi connectivity index (χ2v) is 9.16. The van der Waals surface area contributed by atoms with Crippen molar-refractivity contribution in [2.45, 2.75) is 45.2 Å². The fraction of sp³-hybridized carbons (Fsp3) is 0.259. The molecule has 3 aromatic heterocycles. The molecular weight excluding hydrogens is 509 g/mol. The van der Waals surface area contributed by atoms with Gasteiger partial charge in [0.15, 0.2) is 0 Å². The predicted molar refractivity (Wildman–Crippen MR) is 145 cm³/mol. The highest BCUT2D eigenvalue weighted by Crippen LogP contribution is 2.30. The number of nitrogens with one attached hydrogen (secondary N) is 3. The lowest BCUT2D eigenvalue weighted by molar-refractivity contribution is -0.129. The molecule has 198 valence electrons. The first kappa shape index (κ1) is 27.0. The number of aryl methyl sites for hydroxylation is 1. The summed E-state index contributed by atoms with van der Waals surface area (Å²) in [6, 6.07) is 13.9. The number of pyridine rings is 2. The summed E-state index contributed by atoms with van der Waals surface area (Å²) in [4.78, 5) is 20.1. The Morgan fingerprint density at radius 2 is 1.87 bits per heavy atom. The standard InChI is InChI=1S/C27H29ClFN7O2/c28-23-17-31-26(33-21-16-32-36(18-21)12-4-2-1-3-11-27(37)35-38)14-22(23)24-9-6-10-25(34-24)30-15-19-7-5-8-20(29)13-19/h5-10,13-14,16-18,38H,1-4,11-12,15H2,(H,30,34)(H,31,33)(H,35,37). The molecule has 4 N–H and O–H groups in total. The number of halogens is 2. The highest BCUT2D eigenvalue weighted by Gasteiger charge is 2.10. The van der Waals surface area contributed by atoms with E-state index >= 15 is 0 Å². The van der Waals surface area contributed by atoms with E-state index in [0.29, 0.717) is 35.3 Å². The van der Waals surface area contributed by atoms with Crippen molar-refractivity contribution < 1.29 is 14.4 Å². The molecule has 11 heteroatoms. The lowest BCUT2D eigenvalue weighted by Gasteiger charge is -2.10. The van der Waals surface area contributed by atoms with Crippen molar-refractivity contribution in [3.63, 3.8) is 0 Å². The summed E-state index contributed by atoms with van der Waals surface area (Å²) in [5.41, 5.74) is 4.66. The van der Waals surface area contributed by atoms with Crippen molar-refractivity contribution in [1.29, 1.82) is 0 Å². The summed E-state index contributed by atoms with van der Waals surface area (Å²) >= 11 is 6.46. The average Bonchev–Trinajstić information content (AvgIpc) is 3.37. The van der Waals surface area contributed by atoms with Gasteiger partial charge in [-0.2, -0.15) is 5.10 Å². The molecule has 0 radical (unpaired) electrons. The van der Waals surface area contributed by atoms with Gasteiger partial charge in [0.05, 0.1) is 22.6 Å². The van der Waals surface area contributed by atoms with Gasteiger partial charge in [0.25, 0.3) is 0 Å². The number of benzene rings is 1. The maximum Gasteiger partial charge on any atom is 0.243 e. The second-order valence-electron chi connectivity index (χ2n) is 8.76. The van der Waals surface area contributed by atoms with E-state index in [1.807, 2.05) is 41.2 Å². The van der Waals surface area contributed by atoms with Crippen molar-refractivity contribution in [2.24, 2.45) is 0 Å². The van der Waals surface area contributed by atoms with Crippen LogP contribution in [-0.4, -0.2) is 30.9 Å². The minimum Gasteiger partial charge on any atom is -0.366 e. The molecule has 3 heterocycles. The van der Waals surface area contributed by atoms with Gasteiger partial charge in [0, 0.05) is 37.5 Å². The van der Waals surface area contributed by atoms with Gasteiger partial charge < -0.3 is 10.6 Å². The van der Waals surface area contributed by atoms with Crippen molar-refractivity contribution in [2.75, 3.05) is 10.6 Å². The van der Waals surface area contributed by atoms with Crippen LogP contribution in [0.25, 0.3) is 11.3 Å². The molecule has 1 amide bonds. The quantitative estimate of drug-likeness (QED) is 0.0946. The minimum absolute atomic E-state index is 0.276. The van der Waals surface area contributed by atoms with Gasteiger partial charge in [-0.25, -0.2) is 19.8 Å². The molecule has 0 saturated carbocycles. The van der Waals surface area contributed by atoms with Gasteiger partial charge >= 0.3 is 0 Å². The molecule has 0 aliphatic carbocycles. The monoisotopic (exact) mass is 537 g/mol. The van der Waals surface area contributed by atoms with Gasteiger partial charge in [-0.1, -0.05) is 42.6 Å². The highest BCUT2D eigenvalue weighted by atomic mass is 35.5. The van der Waals surface area contributed by atoms with Gasteiger partial charge in [-0.3, -0.25) is 14.7 Å². The summed E-state index contributed by atoms with van der Waals surface area (Å²) in [6.45, 7) is 1.20. The third-order valence-electron chi connectivity index (χ3n) is 5.81. The number of aromatic nitrogens is 4. The summed E-state index contributed by atoms with van der Waals surface area (Å²) in [7, 11) is 0. The Labute approximate surface area is 225 Å². The number of unbranched alkanes of at least 4 members (excludes halogenated alkanes) is 3. The Kier molecular flexibility index (Phi) is 9.60. The largest absolute Gasteiger partial charge is 0.366 e. The number of hydrogen-bond acceptors (Lipinski definition) is 7. The molecule has 0 unspecified atom stereocenters. The number of anilines is 3. The van der Waals surface area contributed by atoms with Gasteiger partial charge in [-0.15, -0.1) is 0 Å². The lowest BCUT2D eigenvalue weighted by Crippen LogP contribution is -2.17. The summed E-state index contributed by atoms with van der Waals surface area (Å²) in [6.07, 6.45) is 9.09. The first-order valence-electron chi connectivity index (χ1n) is 12.3. The molecule has 0 aliphatic heterocycles. The second kappa shape index (κ2) is 13.5. The number of hydrogen-bond donors (Lipinski definition) is 4. The van der Waals surface area contributed by atoms with Crippen molar-refractivity contribution in [1.82, 2.24) is 25.2 Å². The van der Waals surface area contributed by atoms with Crippen molar-refractivity contribution in [3.05, 3.63) is 83.5 Å². The fourth-order valence-electron chi connectivity index (χ4n) is 3.89. The normalized spacial score (nSPS) is 10.8.